The van der Waals surface area contributed by atoms with Gasteiger partial charge >= 0.3 is 0 Å². The Bertz CT molecular complexity index is 865. The van der Waals surface area contributed by atoms with E-state index in [1.165, 1.54) is 0 Å². The first-order valence-corrected chi connectivity index (χ1v) is 9.78. The highest BCUT2D eigenvalue weighted by Gasteiger charge is 2.05. The van der Waals surface area contributed by atoms with Crippen LogP contribution in [0.5, 0.6) is 0 Å². The highest BCUT2D eigenvalue weighted by atomic mass is 35.5. The minimum Gasteiger partial charge on any atom is -0.369 e. The van der Waals surface area contributed by atoms with Crippen molar-refractivity contribution >= 4 is 51.8 Å². The molecule has 2 aromatic carbocycles. The van der Waals surface area contributed by atoms with Crippen LogP contribution in [0.2, 0.25) is 0 Å². The van der Waals surface area contributed by atoms with Crippen LogP contribution in [-0.2, 0) is 6.54 Å². The number of aliphatic imine (C=N–C) groups is 1. The number of hydrogen-bond acceptors (Lipinski definition) is 3. The van der Waals surface area contributed by atoms with Gasteiger partial charge in [0.1, 0.15) is 0 Å². The molecule has 0 aliphatic rings. The van der Waals surface area contributed by atoms with Crippen molar-refractivity contribution in [1.82, 2.24) is 9.55 Å². The van der Waals surface area contributed by atoms with Gasteiger partial charge < -0.3 is 9.47 Å². The Morgan fingerprint density at radius 3 is 2.46 bits per heavy atom. The average Bonchev–Trinajstić information content (AvgIpc) is 3.09. The molecule has 4 nitrogen and oxygen atoms in total. The summed E-state index contributed by atoms with van der Waals surface area (Å²) in [4.78, 5) is 11.2. The van der Waals surface area contributed by atoms with E-state index in [1.54, 1.807) is 0 Å². The molecular formula is C20H22Cl2N4. The number of anilines is 1. The van der Waals surface area contributed by atoms with Gasteiger partial charge in [0.25, 0.3) is 0 Å². The number of alkyl halides is 2. The van der Waals surface area contributed by atoms with Gasteiger partial charge in [-0.1, -0.05) is 12.1 Å². The standard InChI is InChI=1S/C20H22Cl2N4/c1-2-25-15-24-19-13-17(5-8-20(19)25)23-14-16-3-6-18(7-4-16)26(11-9-21)12-10-22/h3-8,13-15H,2,9-12H2,1H3. The number of halogens is 2. The number of fused-ring (bicyclic) bond motifs is 1. The summed E-state index contributed by atoms with van der Waals surface area (Å²) in [5.41, 5.74) is 5.16. The Morgan fingerprint density at radius 1 is 1.08 bits per heavy atom. The Kier molecular flexibility index (Phi) is 6.53. The zero-order valence-electron chi connectivity index (χ0n) is 14.8. The normalized spacial score (nSPS) is 11.5. The van der Waals surface area contributed by atoms with Crippen LogP contribution in [0.15, 0.2) is 53.8 Å². The van der Waals surface area contributed by atoms with Crippen molar-refractivity contribution in [1.29, 1.82) is 0 Å². The van der Waals surface area contributed by atoms with Crippen molar-refractivity contribution in [2.75, 3.05) is 29.7 Å². The van der Waals surface area contributed by atoms with Crippen molar-refractivity contribution < 1.29 is 0 Å². The summed E-state index contributed by atoms with van der Waals surface area (Å²) in [5.74, 6) is 1.16. The molecule has 0 aliphatic carbocycles. The number of hydrogen-bond donors (Lipinski definition) is 0. The fraction of sp³-hybridized carbons (Fsp3) is 0.300. The molecule has 3 rings (SSSR count). The van der Waals surface area contributed by atoms with Gasteiger partial charge in [0.2, 0.25) is 0 Å². The quantitative estimate of drug-likeness (QED) is 0.397. The smallest absolute Gasteiger partial charge is 0.0958 e. The van der Waals surface area contributed by atoms with E-state index in [4.69, 9.17) is 23.2 Å². The third-order valence-electron chi connectivity index (χ3n) is 4.28. The molecule has 0 fully saturated rings. The summed E-state index contributed by atoms with van der Waals surface area (Å²) in [6, 6.07) is 14.4. The lowest BCUT2D eigenvalue weighted by atomic mass is 10.2. The summed E-state index contributed by atoms with van der Waals surface area (Å²) < 4.78 is 2.12. The first-order valence-electron chi connectivity index (χ1n) is 8.71. The van der Waals surface area contributed by atoms with Crippen LogP contribution in [0.25, 0.3) is 11.0 Å². The molecule has 136 valence electrons. The van der Waals surface area contributed by atoms with Gasteiger partial charge in [-0.05, 0) is 42.8 Å². The van der Waals surface area contributed by atoms with E-state index >= 15 is 0 Å². The van der Waals surface area contributed by atoms with Crippen LogP contribution in [0.3, 0.4) is 0 Å². The molecule has 1 aromatic heterocycles. The molecule has 0 aliphatic heterocycles. The van der Waals surface area contributed by atoms with Crippen molar-refractivity contribution in [2.24, 2.45) is 4.99 Å². The lowest BCUT2D eigenvalue weighted by molar-refractivity contribution is 0.787. The Morgan fingerprint density at radius 2 is 1.81 bits per heavy atom. The second-order valence-electron chi connectivity index (χ2n) is 5.92. The maximum Gasteiger partial charge on any atom is 0.0958 e. The third kappa shape index (κ3) is 4.37. The van der Waals surface area contributed by atoms with Gasteiger partial charge in [-0.2, -0.15) is 0 Å². The molecule has 0 saturated carbocycles. The van der Waals surface area contributed by atoms with Crippen molar-refractivity contribution in [3.63, 3.8) is 0 Å². The van der Waals surface area contributed by atoms with E-state index in [0.29, 0.717) is 11.8 Å². The molecule has 3 aromatic rings. The molecule has 0 spiro atoms. The highest BCUT2D eigenvalue weighted by molar-refractivity contribution is 6.18. The molecule has 0 radical (unpaired) electrons. The maximum atomic E-state index is 5.87. The number of aryl methyl sites for hydroxylation is 1. The lowest BCUT2D eigenvalue weighted by Gasteiger charge is -2.22. The predicted octanol–water partition coefficient (Wildman–Crippen LogP) is 5.09. The van der Waals surface area contributed by atoms with Crippen LogP contribution < -0.4 is 4.90 Å². The lowest BCUT2D eigenvalue weighted by Crippen LogP contribution is -2.27. The summed E-state index contributed by atoms with van der Waals surface area (Å²) in [7, 11) is 0. The fourth-order valence-electron chi connectivity index (χ4n) is 2.88. The minimum atomic E-state index is 0.580. The second-order valence-corrected chi connectivity index (χ2v) is 6.67. The van der Waals surface area contributed by atoms with Crippen LogP contribution in [-0.4, -0.2) is 40.6 Å². The molecule has 26 heavy (non-hydrogen) atoms. The Balaban J connectivity index is 1.74. The summed E-state index contributed by atoms with van der Waals surface area (Å²) in [6.45, 7) is 4.59. The number of rotatable bonds is 8. The number of benzene rings is 2. The van der Waals surface area contributed by atoms with E-state index in [-0.39, 0.29) is 0 Å². The molecule has 0 N–H and O–H groups in total. The number of nitrogens with zero attached hydrogens (tertiary/aromatic N) is 4. The first kappa shape index (κ1) is 18.7. The van der Waals surface area contributed by atoms with Gasteiger partial charge in [-0.15, -0.1) is 23.2 Å². The van der Waals surface area contributed by atoms with E-state index in [2.05, 4.69) is 56.7 Å². The molecule has 0 unspecified atom stereocenters. The Hall–Kier alpha value is -2.04. The SMILES string of the molecule is CCn1cnc2cc(N=Cc3ccc(N(CCCl)CCCl)cc3)ccc21. The fourth-order valence-corrected chi connectivity index (χ4v) is 3.29. The minimum absolute atomic E-state index is 0.580. The van der Waals surface area contributed by atoms with E-state index < -0.39 is 0 Å². The first-order chi connectivity index (χ1) is 12.7. The Labute approximate surface area is 164 Å². The summed E-state index contributed by atoms with van der Waals surface area (Å²) >= 11 is 11.7. The van der Waals surface area contributed by atoms with E-state index in [0.717, 1.165) is 47.6 Å². The van der Waals surface area contributed by atoms with Crippen molar-refractivity contribution in [3.8, 4) is 0 Å². The predicted molar refractivity (Wildman–Crippen MR) is 113 cm³/mol. The summed E-state index contributed by atoms with van der Waals surface area (Å²) in [6.07, 6.45) is 3.74. The molecule has 0 bridgehead atoms. The largest absolute Gasteiger partial charge is 0.369 e. The van der Waals surface area contributed by atoms with Crippen LogP contribution >= 0.6 is 23.2 Å². The van der Waals surface area contributed by atoms with Gasteiger partial charge in [-0.3, -0.25) is 4.99 Å². The molecule has 0 atom stereocenters. The van der Waals surface area contributed by atoms with E-state index in [1.807, 2.05) is 24.7 Å². The van der Waals surface area contributed by atoms with Crippen molar-refractivity contribution in [3.05, 3.63) is 54.4 Å². The molecule has 0 amide bonds. The second kappa shape index (κ2) is 9.06. The van der Waals surface area contributed by atoms with Crippen LogP contribution in [0.1, 0.15) is 12.5 Å². The summed E-state index contributed by atoms with van der Waals surface area (Å²) in [5, 5.41) is 0. The number of imidazole rings is 1. The van der Waals surface area contributed by atoms with Gasteiger partial charge in [0, 0.05) is 43.3 Å². The molecule has 1 heterocycles. The third-order valence-corrected chi connectivity index (χ3v) is 4.61. The van der Waals surface area contributed by atoms with Crippen molar-refractivity contribution in [2.45, 2.75) is 13.5 Å². The van der Waals surface area contributed by atoms with Gasteiger partial charge in [0.15, 0.2) is 0 Å². The van der Waals surface area contributed by atoms with Crippen LogP contribution in [0, 0.1) is 0 Å². The topological polar surface area (TPSA) is 33.4 Å². The molecular weight excluding hydrogens is 367 g/mol. The van der Waals surface area contributed by atoms with E-state index in [9.17, 15) is 0 Å². The molecule has 0 saturated heterocycles. The monoisotopic (exact) mass is 388 g/mol. The van der Waals surface area contributed by atoms with Gasteiger partial charge in [0.05, 0.1) is 23.0 Å². The number of aromatic nitrogens is 2. The van der Waals surface area contributed by atoms with Gasteiger partial charge in [-0.25, -0.2) is 4.98 Å². The zero-order chi connectivity index (χ0) is 18.4. The molecule has 6 heteroatoms. The average molecular weight is 389 g/mol. The zero-order valence-corrected chi connectivity index (χ0v) is 16.3. The highest BCUT2D eigenvalue weighted by Crippen LogP contribution is 2.21. The maximum absolute atomic E-state index is 5.87. The van der Waals surface area contributed by atoms with Crippen LogP contribution in [0.4, 0.5) is 11.4 Å².